The van der Waals surface area contributed by atoms with Gasteiger partial charge >= 0.3 is 0 Å². The van der Waals surface area contributed by atoms with Crippen molar-refractivity contribution in [1.82, 2.24) is 10.6 Å². The van der Waals surface area contributed by atoms with Crippen molar-refractivity contribution in [2.45, 2.75) is 24.1 Å². The van der Waals surface area contributed by atoms with Crippen molar-refractivity contribution >= 4 is 33.0 Å². The van der Waals surface area contributed by atoms with Gasteiger partial charge in [-0.25, -0.2) is 8.42 Å². The Labute approximate surface area is 144 Å². The number of hydrogen-bond acceptors (Lipinski definition) is 6. The topological polar surface area (TPSA) is 118 Å². The second-order valence-electron chi connectivity index (χ2n) is 5.73. The fourth-order valence-corrected chi connectivity index (χ4v) is 4.28. The lowest BCUT2D eigenvalue weighted by Gasteiger charge is -2.34. The summed E-state index contributed by atoms with van der Waals surface area (Å²) in [6, 6.07) is 3.90. The third kappa shape index (κ3) is 3.68. The fourth-order valence-electron chi connectivity index (χ4n) is 2.74. The van der Waals surface area contributed by atoms with E-state index in [1.54, 1.807) is 0 Å². The van der Waals surface area contributed by atoms with Crippen LogP contribution in [0.4, 0.5) is 5.69 Å². The van der Waals surface area contributed by atoms with Crippen molar-refractivity contribution in [3.63, 3.8) is 0 Å². The van der Waals surface area contributed by atoms with Crippen LogP contribution in [-0.4, -0.2) is 43.3 Å². The highest BCUT2D eigenvalue weighted by Gasteiger charge is 2.48. The first-order chi connectivity index (χ1) is 11.2. The number of sulfone groups is 1. The molecule has 1 aromatic carbocycles. The maximum atomic E-state index is 12.6. The quantitative estimate of drug-likeness (QED) is 0.586. The zero-order valence-electron chi connectivity index (χ0n) is 13.0. The van der Waals surface area contributed by atoms with Crippen LogP contribution >= 0.6 is 11.6 Å². The first kappa shape index (κ1) is 18.6. The highest BCUT2D eigenvalue weighted by Crippen LogP contribution is 2.28. The van der Waals surface area contributed by atoms with E-state index in [1.807, 2.05) is 0 Å². The monoisotopic (exact) mass is 375 g/mol. The lowest BCUT2D eigenvalue weighted by atomic mass is 9.95. The van der Waals surface area contributed by atoms with Gasteiger partial charge in [-0.15, -0.1) is 0 Å². The molecule has 1 amide bonds. The van der Waals surface area contributed by atoms with Crippen LogP contribution in [0.3, 0.4) is 0 Å². The van der Waals surface area contributed by atoms with Gasteiger partial charge in [-0.05, 0) is 37.6 Å². The zero-order valence-corrected chi connectivity index (χ0v) is 14.6. The van der Waals surface area contributed by atoms with Crippen molar-refractivity contribution in [3.05, 3.63) is 38.9 Å². The number of piperidine rings is 1. The third-order valence-electron chi connectivity index (χ3n) is 4.21. The van der Waals surface area contributed by atoms with Crippen molar-refractivity contribution in [2.75, 3.05) is 19.3 Å². The molecule has 1 aliphatic rings. The molecule has 2 rings (SSSR count). The van der Waals surface area contributed by atoms with E-state index >= 15 is 0 Å². The van der Waals surface area contributed by atoms with E-state index in [4.69, 9.17) is 11.6 Å². The van der Waals surface area contributed by atoms with E-state index < -0.39 is 25.4 Å². The number of benzene rings is 1. The molecule has 0 atom stereocenters. The maximum Gasteiger partial charge on any atom is 0.269 e. The molecule has 1 aromatic rings. The van der Waals surface area contributed by atoms with Gasteiger partial charge in [-0.3, -0.25) is 14.9 Å². The molecule has 0 bridgehead atoms. The Hall–Kier alpha value is -1.71. The summed E-state index contributed by atoms with van der Waals surface area (Å²) in [7, 11) is -3.62. The number of carbonyl (C=O) groups excluding carboxylic acids is 1. The molecule has 0 aromatic heterocycles. The van der Waals surface area contributed by atoms with Crippen LogP contribution in [0.15, 0.2) is 18.2 Å². The molecule has 0 radical (unpaired) electrons. The lowest BCUT2D eigenvalue weighted by Crippen LogP contribution is -2.57. The molecular weight excluding hydrogens is 358 g/mol. The predicted octanol–water partition coefficient (Wildman–Crippen LogP) is 1.03. The number of non-ortho nitro benzene ring substituents is 1. The number of amides is 1. The van der Waals surface area contributed by atoms with Crippen LogP contribution in [-0.2, 0) is 21.2 Å². The van der Waals surface area contributed by atoms with Gasteiger partial charge in [-0.2, -0.15) is 0 Å². The SMILES string of the molecule is CS(=O)(=O)C1(C(=O)NCc2cc([N+](=O)[O-])ccc2Cl)CCNCC1. The van der Waals surface area contributed by atoms with Gasteiger partial charge in [0.05, 0.1) is 4.92 Å². The Balaban J connectivity index is 2.20. The molecule has 132 valence electrons. The van der Waals surface area contributed by atoms with Gasteiger partial charge in [0, 0.05) is 30.0 Å². The molecule has 10 heteroatoms. The van der Waals surface area contributed by atoms with Gasteiger partial charge in [0.15, 0.2) is 14.6 Å². The average Bonchev–Trinajstić information content (AvgIpc) is 2.53. The summed E-state index contributed by atoms with van der Waals surface area (Å²) in [5, 5.41) is 16.7. The summed E-state index contributed by atoms with van der Waals surface area (Å²) in [6.45, 7) is 0.778. The van der Waals surface area contributed by atoms with Crippen molar-refractivity contribution in [3.8, 4) is 0 Å². The molecule has 0 unspecified atom stereocenters. The summed E-state index contributed by atoms with van der Waals surface area (Å²) in [5.41, 5.74) is 0.208. The van der Waals surface area contributed by atoms with Gasteiger partial charge in [0.2, 0.25) is 5.91 Å². The number of nitro groups is 1. The van der Waals surface area contributed by atoms with Crippen LogP contribution in [0.1, 0.15) is 18.4 Å². The minimum atomic E-state index is -3.62. The van der Waals surface area contributed by atoms with Crippen LogP contribution in [0, 0.1) is 10.1 Å². The number of carbonyl (C=O) groups is 1. The second kappa shape index (κ2) is 7.04. The second-order valence-corrected chi connectivity index (χ2v) is 8.46. The van der Waals surface area contributed by atoms with Crippen LogP contribution < -0.4 is 10.6 Å². The molecule has 24 heavy (non-hydrogen) atoms. The number of rotatable bonds is 5. The third-order valence-corrected chi connectivity index (χ3v) is 6.60. The van der Waals surface area contributed by atoms with Gasteiger partial charge in [0.1, 0.15) is 0 Å². The molecule has 8 nitrogen and oxygen atoms in total. The summed E-state index contributed by atoms with van der Waals surface area (Å²) < 4.78 is 22.9. The number of nitro benzene ring substituents is 1. The minimum absolute atomic E-state index is 0.0793. The molecule has 1 saturated heterocycles. The van der Waals surface area contributed by atoms with E-state index in [2.05, 4.69) is 10.6 Å². The van der Waals surface area contributed by atoms with E-state index in [1.165, 1.54) is 18.2 Å². The average molecular weight is 376 g/mol. The van der Waals surface area contributed by atoms with Crippen molar-refractivity contribution in [2.24, 2.45) is 0 Å². The van der Waals surface area contributed by atoms with Crippen LogP contribution in [0.2, 0.25) is 5.02 Å². The Kier molecular flexibility index (Phi) is 5.46. The number of nitrogens with zero attached hydrogens (tertiary/aromatic N) is 1. The molecule has 1 fully saturated rings. The molecule has 1 aliphatic heterocycles. The van der Waals surface area contributed by atoms with Crippen molar-refractivity contribution in [1.29, 1.82) is 0 Å². The van der Waals surface area contributed by atoms with Gasteiger partial charge in [0.25, 0.3) is 5.69 Å². The smallest absolute Gasteiger partial charge is 0.269 e. The number of hydrogen-bond donors (Lipinski definition) is 2. The molecule has 1 heterocycles. The minimum Gasteiger partial charge on any atom is -0.351 e. The lowest BCUT2D eigenvalue weighted by molar-refractivity contribution is -0.384. The predicted molar refractivity (Wildman–Crippen MR) is 89.6 cm³/mol. The summed E-state index contributed by atoms with van der Waals surface area (Å²) in [6.07, 6.45) is 1.42. The summed E-state index contributed by atoms with van der Waals surface area (Å²) >= 11 is 5.99. The maximum absolute atomic E-state index is 12.6. The van der Waals surface area contributed by atoms with E-state index in [-0.39, 0.29) is 30.1 Å². The summed E-state index contributed by atoms with van der Waals surface area (Å²) in [5.74, 6) is -0.603. The van der Waals surface area contributed by atoms with Crippen LogP contribution in [0.5, 0.6) is 0 Å². The first-order valence-corrected chi connectivity index (χ1v) is 9.56. The van der Waals surface area contributed by atoms with Crippen LogP contribution in [0.25, 0.3) is 0 Å². The Bertz CT molecular complexity index is 760. The van der Waals surface area contributed by atoms with E-state index in [0.717, 1.165) is 6.26 Å². The molecule has 0 spiro atoms. The number of nitrogens with one attached hydrogen (secondary N) is 2. The Morgan fingerprint density at radius 1 is 1.42 bits per heavy atom. The van der Waals surface area contributed by atoms with Gasteiger partial charge in [-0.1, -0.05) is 11.6 Å². The standard InChI is InChI=1S/C14H18ClN3O5S/c1-24(22,23)14(4-6-16-7-5-14)13(19)17-9-10-8-11(18(20)21)2-3-12(10)15/h2-3,8,16H,4-7,9H2,1H3,(H,17,19). The van der Waals surface area contributed by atoms with E-state index in [9.17, 15) is 23.3 Å². The molecule has 2 N–H and O–H groups in total. The Morgan fingerprint density at radius 2 is 2.04 bits per heavy atom. The van der Waals surface area contributed by atoms with Crippen molar-refractivity contribution < 1.29 is 18.1 Å². The molecule has 0 aliphatic carbocycles. The highest BCUT2D eigenvalue weighted by atomic mass is 35.5. The van der Waals surface area contributed by atoms with Gasteiger partial charge < -0.3 is 10.6 Å². The fraction of sp³-hybridized carbons (Fsp3) is 0.500. The van der Waals surface area contributed by atoms with E-state index in [0.29, 0.717) is 18.7 Å². The molecular formula is C14H18ClN3O5S. The largest absolute Gasteiger partial charge is 0.351 e. The zero-order chi connectivity index (χ0) is 18.0. The number of halogens is 1. The first-order valence-electron chi connectivity index (χ1n) is 7.29. The molecule has 0 saturated carbocycles. The normalized spacial score (nSPS) is 17.2. The Morgan fingerprint density at radius 3 is 2.58 bits per heavy atom. The summed E-state index contributed by atoms with van der Waals surface area (Å²) in [4.78, 5) is 22.8. The highest BCUT2D eigenvalue weighted by molar-refractivity contribution is 7.92.